The zero-order valence-corrected chi connectivity index (χ0v) is 13.1. The Balaban J connectivity index is 1.49. The molecule has 2 aliphatic carbocycles. The van der Waals surface area contributed by atoms with Gasteiger partial charge in [0.1, 0.15) is 0 Å². The molecule has 1 aromatic rings. The third kappa shape index (κ3) is 3.49. The third-order valence-corrected chi connectivity index (χ3v) is 4.82. The second-order valence-electron chi connectivity index (χ2n) is 6.60. The summed E-state index contributed by atoms with van der Waals surface area (Å²) < 4.78 is 0. The number of aryl methyl sites for hydroxylation is 1. The monoisotopic (exact) mass is 300 g/mol. The van der Waals surface area contributed by atoms with Crippen LogP contribution in [0.2, 0.25) is 0 Å². The van der Waals surface area contributed by atoms with Gasteiger partial charge in [-0.3, -0.25) is 9.59 Å². The maximum atomic E-state index is 12.2. The third-order valence-electron chi connectivity index (χ3n) is 4.82. The zero-order valence-electron chi connectivity index (χ0n) is 13.1. The summed E-state index contributed by atoms with van der Waals surface area (Å²) in [6.07, 6.45) is 6.52. The fraction of sp³-hybridized carbons (Fsp3) is 0.556. The topological polar surface area (TPSA) is 58.2 Å². The van der Waals surface area contributed by atoms with E-state index in [0.717, 1.165) is 24.1 Å². The maximum Gasteiger partial charge on any atom is 0.228 e. The van der Waals surface area contributed by atoms with Gasteiger partial charge in [-0.25, -0.2) is 0 Å². The van der Waals surface area contributed by atoms with Crippen molar-refractivity contribution in [1.82, 2.24) is 5.32 Å². The van der Waals surface area contributed by atoms with E-state index >= 15 is 0 Å². The Morgan fingerprint density at radius 2 is 1.68 bits per heavy atom. The van der Waals surface area contributed by atoms with E-state index in [4.69, 9.17) is 0 Å². The molecule has 3 rings (SSSR count). The van der Waals surface area contributed by atoms with Gasteiger partial charge in [-0.1, -0.05) is 37.5 Å². The van der Waals surface area contributed by atoms with Crippen molar-refractivity contribution in [2.45, 2.75) is 51.5 Å². The number of nitrogens with one attached hydrogen (secondary N) is 2. The van der Waals surface area contributed by atoms with Crippen LogP contribution in [0.15, 0.2) is 24.3 Å². The smallest absolute Gasteiger partial charge is 0.228 e. The van der Waals surface area contributed by atoms with Gasteiger partial charge in [-0.2, -0.15) is 0 Å². The number of carbonyl (C=O) groups excluding carboxylic acids is 2. The molecule has 2 aliphatic rings. The molecule has 2 amide bonds. The second-order valence-corrected chi connectivity index (χ2v) is 6.60. The first-order chi connectivity index (χ1) is 10.6. The van der Waals surface area contributed by atoms with Gasteiger partial charge in [0, 0.05) is 11.7 Å². The summed E-state index contributed by atoms with van der Waals surface area (Å²) in [6.45, 7) is 1.97. The van der Waals surface area contributed by atoms with Gasteiger partial charge >= 0.3 is 0 Å². The van der Waals surface area contributed by atoms with E-state index in [1.165, 1.54) is 19.3 Å². The van der Waals surface area contributed by atoms with Crippen molar-refractivity contribution in [1.29, 1.82) is 0 Å². The zero-order chi connectivity index (χ0) is 15.5. The van der Waals surface area contributed by atoms with Gasteiger partial charge in [-0.15, -0.1) is 0 Å². The first-order valence-corrected chi connectivity index (χ1v) is 8.32. The molecule has 22 heavy (non-hydrogen) atoms. The van der Waals surface area contributed by atoms with Gasteiger partial charge in [0.2, 0.25) is 11.8 Å². The van der Waals surface area contributed by atoms with E-state index in [1.807, 2.05) is 31.2 Å². The van der Waals surface area contributed by atoms with Gasteiger partial charge in [0.05, 0.1) is 11.8 Å². The summed E-state index contributed by atoms with van der Waals surface area (Å²) in [5.41, 5.74) is 1.88. The van der Waals surface area contributed by atoms with Crippen LogP contribution in [0.1, 0.15) is 44.1 Å². The largest absolute Gasteiger partial charge is 0.353 e. The lowest BCUT2D eigenvalue weighted by molar-refractivity contribution is -0.126. The molecule has 118 valence electrons. The molecular formula is C18H24N2O2. The molecule has 2 fully saturated rings. The fourth-order valence-electron chi connectivity index (χ4n) is 3.27. The number of rotatable bonds is 4. The van der Waals surface area contributed by atoms with Crippen LogP contribution in [0.4, 0.5) is 5.69 Å². The van der Waals surface area contributed by atoms with Crippen LogP contribution in [0.5, 0.6) is 0 Å². The van der Waals surface area contributed by atoms with Crippen LogP contribution in [0.25, 0.3) is 0 Å². The molecule has 4 nitrogen and oxygen atoms in total. The highest BCUT2D eigenvalue weighted by Crippen LogP contribution is 2.40. The van der Waals surface area contributed by atoms with Crippen LogP contribution >= 0.6 is 0 Å². The maximum absolute atomic E-state index is 12.2. The predicted octanol–water partition coefficient (Wildman–Crippen LogP) is 3.02. The number of hydrogen-bond acceptors (Lipinski definition) is 2. The number of carbonyl (C=O) groups is 2. The van der Waals surface area contributed by atoms with Crippen molar-refractivity contribution < 1.29 is 9.59 Å². The molecule has 0 bridgehead atoms. The molecule has 0 aromatic heterocycles. The van der Waals surface area contributed by atoms with Crippen LogP contribution in [0.3, 0.4) is 0 Å². The minimum atomic E-state index is -0.164. The highest BCUT2D eigenvalue weighted by molar-refractivity contribution is 5.99. The van der Waals surface area contributed by atoms with Gasteiger partial charge < -0.3 is 10.6 Å². The first kappa shape index (κ1) is 15.1. The summed E-state index contributed by atoms with van der Waals surface area (Å²) in [5.74, 6) is -0.260. The Morgan fingerprint density at radius 1 is 1.00 bits per heavy atom. The summed E-state index contributed by atoms with van der Waals surface area (Å²) in [6, 6.07) is 8.04. The van der Waals surface area contributed by atoms with Crippen molar-refractivity contribution in [3.63, 3.8) is 0 Å². The standard InChI is InChI=1S/C18H24N2O2/c1-12-7-5-6-10-16(12)20-18(22)15-11-14(15)17(21)19-13-8-3-2-4-9-13/h5-7,10,13-15H,2-4,8-9,11H2,1H3,(H,19,21)(H,20,22). The average molecular weight is 300 g/mol. The van der Waals surface area contributed by atoms with Crippen LogP contribution in [-0.4, -0.2) is 17.9 Å². The molecule has 2 unspecified atom stereocenters. The lowest BCUT2D eigenvalue weighted by Gasteiger charge is -2.22. The number of anilines is 1. The van der Waals surface area contributed by atoms with Crippen molar-refractivity contribution in [2.24, 2.45) is 11.8 Å². The molecule has 0 saturated heterocycles. The van der Waals surface area contributed by atoms with E-state index in [-0.39, 0.29) is 23.7 Å². The number of hydrogen-bond donors (Lipinski definition) is 2. The molecule has 2 saturated carbocycles. The number of para-hydroxylation sites is 1. The average Bonchev–Trinajstić information content (AvgIpc) is 3.31. The lowest BCUT2D eigenvalue weighted by atomic mass is 9.95. The summed E-state index contributed by atoms with van der Waals surface area (Å²) in [4.78, 5) is 24.5. The molecule has 0 aliphatic heterocycles. The quantitative estimate of drug-likeness (QED) is 0.898. The minimum absolute atomic E-state index is 0.0295. The summed E-state index contributed by atoms with van der Waals surface area (Å²) in [7, 11) is 0. The van der Waals surface area contributed by atoms with E-state index in [9.17, 15) is 9.59 Å². The lowest BCUT2D eigenvalue weighted by Crippen LogP contribution is -2.37. The molecule has 2 N–H and O–H groups in total. The van der Waals surface area contributed by atoms with Gasteiger partial charge in [0.15, 0.2) is 0 Å². The first-order valence-electron chi connectivity index (χ1n) is 8.32. The highest BCUT2D eigenvalue weighted by atomic mass is 16.2. The summed E-state index contributed by atoms with van der Waals surface area (Å²) in [5, 5.41) is 6.06. The van der Waals surface area contributed by atoms with E-state index in [0.29, 0.717) is 12.5 Å². The van der Waals surface area contributed by atoms with Crippen molar-refractivity contribution >= 4 is 17.5 Å². The molecule has 0 heterocycles. The van der Waals surface area contributed by atoms with Crippen molar-refractivity contribution in [3.8, 4) is 0 Å². The number of benzene rings is 1. The van der Waals surface area contributed by atoms with Crippen LogP contribution < -0.4 is 10.6 Å². The Kier molecular flexibility index (Phi) is 4.46. The van der Waals surface area contributed by atoms with E-state index in [2.05, 4.69) is 10.6 Å². The van der Waals surface area contributed by atoms with Crippen molar-refractivity contribution in [2.75, 3.05) is 5.32 Å². The Labute approximate surface area is 131 Å². The van der Waals surface area contributed by atoms with Crippen LogP contribution in [0, 0.1) is 18.8 Å². The molecule has 0 radical (unpaired) electrons. The molecule has 0 spiro atoms. The predicted molar refractivity (Wildman–Crippen MR) is 86.4 cm³/mol. The minimum Gasteiger partial charge on any atom is -0.353 e. The fourth-order valence-corrected chi connectivity index (χ4v) is 3.27. The SMILES string of the molecule is Cc1ccccc1NC(=O)C1CC1C(=O)NC1CCCCC1. The van der Waals surface area contributed by atoms with E-state index < -0.39 is 0 Å². The molecular weight excluding hydrogens is 276 g/mol. The number of amides is 2. The van der Waals surface area contributed by atoms with Gasteiger partial charge in [-0.05, 0) is 37.8 Å². The van der Waals surface area contributed by atoms with Crippen molar-refractivity contribution in [3.05, 3.63) is 29.8 Å². The summed E-state index contributed by atoms with van der Waals surface area (Å²) >= 11 is 0. The Morgan fingerprint density at radius 3 is 2.41 bits per heavy atom. The van der Waals surface area contributed by atoms with Crippen LogP contribution in [-0.2, 0) is 9.59 Å². The molecule has 1 aromatic carbocycles. The normalized spacial score (nSPS) is 24.6. The molecule has 2 atom stereocenters. The Bertz CT molecular complexity index is 564. The Hall–Kier alpha value is -1.84. The second kappa shape index (κ2) is 6.51. The molecule has 4 heteroatoms. The van der Waals surface area contributed by atoms with Gasteiger partial charge in [0.25, 0.3) is 0 Å². The van der Waals surface area contributed by atoms with E-state index in [1.54, 1.807) is 0 Å². The highest BCUT2D eigenvalue weighted by Gasteiger charge is 2.48.